The summed E-state index contributed by atoms with van der Waals surface area (Å²) in [5.41, 5.74) is 3.11. The van der Waals surface area contributed by atoms with Gasteiger partial charge in [0.15, 0.2) is 0 Å². The molecule has 1 aromatic carbocycles. The van der Waals surface area contributed by atoms with Crippen LogP contribution in [0.2, 0.25) is 0 Å². The molecule has 2 aliphatic heterocycles. The molecule has 1 saturated heterocycles. The van der Waals surface area contributed by atoms with E-state index in [2.05, 4.69) is 25.2 Å². The van der Waals surface area contributed by atoms with Crippen LogP contribution in [-0.2, 0) is 9.59 Å². The number of carbonyl (C=O) groups excluding carboxylic acids is 2. The van der Waals surface area contributed by atoms with E-state index in [4.69, 9.17) is 0 Å². The maximum Gasteiger partial charge on any atom is 0.252 e. The van der Waals surface area contributed by atoms with Gasteiger partial charge in [0.2, 0.25) is 0 Å². The van der Waals surface area contributed by atoms with E-state index in [0.717, 1.165) is 49.3 Å². The van der Waals surface area contributed by atoms with E-state index in [-0.39, 0.29) is 34.7 Å². The Balaban J connectivity index is 1.83. The Labute approximate surface area is 172 Å². The minimum Gasteiger partial charge on any atom is -0.508 e. The van der Waals surface area contributed by atoms with Gasteiger partial charge >= 0.3 is 0 Å². The van der Waals surface area contributed by atoms with Crippen LogP contribution in [0.5, 0.6) is 5.75 Å². The lowest BCUT2D eigenvalue weighted by Gasteiger charge is -2.43. The second-order valence-corrected chi connectivity index (χ2v) is 9.29. The van der Waals surface area contributed by atoms with Gasteiger partial charge in [-0.3, -0.25) is 9.59 Å². The third-order valence-corrected chi connectivity index (χ3v) is 6.36. The zero-order chi connectivity index (χ0) is 20.8. The standard InChI is InChI=1S/C24H30N2O3/c1-15-20(23(29)26-11-5-4-6-12-26)21(16-7-9-17(27)10-8-16)22-18(25-15)13-24(2,3)14-19(22)28/h7-10,13,21-22,25,27H,4-6,11-12,14H2,1-3H3. The summed E-state index contributed by atoms with van der Waals surface area (Å²) in [4.78, 5) is 28.8. The van der Waals surface area contributed by atoms with Gasteiger partial charge in [-0.25, -0.2) is 0 Å². The molecule has 0 spiro atoms. The zero-order valence-electron chi connectivity index (χ0n) is 17.5. The largest absolute Gasteiger partial charge is 0.508 e. The fourth-order valence-corrected chi connectivity index (χ4v) is 5.06. The van der Waals surface area contributed by atoms with E-state index < -0.39 is 0 Å². The highest BCUT2D eigenvalue weighted by molar-refractivity contribution is 5.99. The van der Waals surface area contributed by atoms with Gasteiger partial charge in [-0.05, 0) is 49.3 Å². The molecule has 1 aliphatic carbocycles. The Morgan fingerprint density at radius 1 is 1.10 bits per heavy atom. The topological polar surface area (TPSA) is 69.6 Å². The van der Waals surface area contributed by atoms with Crippen molar-refractivity contribution in [1.29, 1.82) is 0 Å². The molecule has 4 rings (SSSR count). The number of fused-ring (bicyclic) bond motifs is 1. The van der Waals surface area contributed by atoms with Crippen molar-refractivity contribution in [3.8, 4) is 5.75 Å². The van der Waals surface area contributed by atoms with Crippen molar-refractivity contribution in [3.63, 3.8) is 0 Å². The van der Waals surface area contributed by atoms with Crippen molar-refractivity contribution >= 4 is 11.7 Å². The Morgan fingerprint density at radius 3 is 2.41 bits per heavy atom. The molecule has 0 bridgehead atoms. The van der Waals surface area contributed by atoms with Crippen LogP contribution < -0.4 is 5.32 Å². The van der Waals surface area contributed by atoms with Crippen molar-refractivity contribution in [2.45, 2.75) is 52.4 Å². The molecule has 154 valence electrons. The number of nitrogens with one attached hydrogen (secondary N) is 1. The minimum absolute atomic E-state index is 0.0319. The van der Waals surface area contributed by atoms with Crippen LogP contribution in [0, 0.1) is 11.3 Å². The number of allylic oxidation sites excluding steroid dienone is 3. The molecule has 2 unspecified atom stereocenters. The summed E-state index contributed by atoms with van der Waals surface area (Å²) in [6.45, 7) is 7.61. The van der Waals surface area contributed by atoms with Crippen molar-refractivity contribution in [3.05, 3.63) is 52.9 Å². The molecule has 29 heavy (non-hydrogen) atoms. The molecule has 5 heteroatoms. The number of hydrogen-bond donors (Lipinski definition) is 2. The average Bonchev–Trinajstić information content (AvgIpc) is 2.67. The number of amides is 1. The maximum atomic E-state index is 13.6. The SMILES string of the molecule is CC1=C(C(=O)N2CCCCC2)C(c2ccc(O)cc2)C2C(=O)CC(C)(C)C=C2N1. The lowest BCUT2D eigenvalue weighted by molar-refractivity contribution is -0.129. The molecule has 1 aromatic rings. The first kappa shape index (κ1) is 19.7. The van der Waals surface area contributed by atoms with E-state index in [1.165, 1.54) is 0 Å². The summed E-state index contributed by atoms with van der Waals surface area (Å²) in [7, 11) is 0. The summed E-state index contributed by atoms with van der Waals surface area (Å²) in [6.07, 6.45) is 5.82. The number of likely N-dealkylation sites (tertiary alicyclic amines) is 1. The molecule has 1 amide bonds. The highest BCUT2D eigenvalue weighted by atomic mass is 16.3. The minimum atomic E-state index is -0.389. The Morgan fingerprint density at radius 2 is 1.76 bits per heavy atom. The molecule has 0 saturated carbocycles. The van der Waals surface area contributed by atoms with E-state index in [1.807, 2.05) is 24.0 Å². The van der Waals surface area contributed by atoms with Crippen molar-refractivity contribution in [1.82, 2.24) is 10.2 Å². The molecule has 2 atom stereocenters. The van der Waals surface area contributed by atoms with Crippen LogP contribution in [0.4, 0.5) is 0 Å². The number of ketones is 1. The van der Waals surface area contributed by atoms with Crippen LogP contribution in [0.3, 0.4) is 0 Å². The number of rotatable bonds is 2. The number of hydrogen-bond acceptors (Lipinski definition) is 4. The van der Waals surface area contributed by atoms with Crippen molar-refractivity contribution in [2.24, 2.45) is 11.3 Å². The van der Waals surface area contributed by atoms with E-state index in [1.54, 1.807) is 12.1 Å². The first-order chi connectivity index (χ1) is 13.8. The normalized spacial score (nSPS) is 26.5. The fraction of sp³-hybridized carbons (Fsp3) is 0.500. The number of Topliss-reactive ketones (excluding diaryl/α,β-unsaturated/α-hetero) is 1. The number of phenols is 1. The molecular weight excluding hydrogens is 364 g/mol. The van der Waals surface area contributed by atoms with Gasteiger partial charge in [0, 0.05) is 42.4 Å². The highest BCUT2D eigenvalue weighted by Crippen LogP contribution is 2.47. The summed E-state index contributed by atoms with van der Waals surface area (Å²) >= 11 is 0. The van der Waals surface area contributed by atoms with Gasteiger partial charge in [0.05, 0.1) is 5.92 Å². The van der Waals surface area contributed by atoms with Gasteiger partial charge in [-0.1, -0.05) is 32.1 Å². The zero-order valence-corrected chi connectivity index (χ0v) is 17.5. The molecule has 2 N–H and O–H groups in total. The smallest absolute Gasteiger partial charge is 0.252 e. The number of benzene rings is 1. The Bertz CT molecular complexity index is 889. The van der Waals surface area contributed by atoms with Crippen molar-refractivity contribution < 1.29 is 14.7 Å². The summed E-state index contributed by atoms with van der Waals surface area (Å²) in [6, 6.07) is 6.95. The van der Waals surface area contributed by atoms with Gasteiger partial charge in [-0.15, -0.1) is 0 Å². The summed E-state index contributed by atoms with van der Waals surface area (Å²) in [5.74, 6) is -0.348. The quantitative estimate of drug-likeness (QED) is 0.799. The predicted octanol–water partition coefficient (Wildman–Crippen LogP) is 3.86. The number of carbonyl (C=O) groups is 2. The Kier molecular flexibility index (Phi) is 5.01. The van der Waals surface area contributed by atoms with Crippen LogP contribution in [-0.4, -0.2) is 34.8 Å². The number of phenolic OH excluding ortho intramolecular Hbond substituents is 1. The molecule has 5 nitrogen and oxygen atoms in total. The monoisotopic (exact) mass is 394 g/mol. The van der Waals surface area contributed by atoms with Crippen LogP contribution in [0.1, 0.15) is 57.9 Å². The van der Waals surface area contributed by atoms with Gasteiger partial charge in [-0.2, -0.15) is 0 Å². The highest BCUT2D eigenvalue weighted by Gasteiger charge is 2.46. The lowest BCUT2D eigenvalue weighted by Crippen LogP contribution is -2.46. The summed E-state index contributed by atoms with van der Waals surface area (Å²) < 4.78 is 0. The van der Waals surface area contributed by atoms with Gasteiger partial charge in [0.1, 0.15) is 11.5 Å². The molecule has 3 aliphatic rings. The second-order valence-electron chi connectivity index (χ2n) is 9.29. The maximum absolute atomic E-state index is 13.6. The van der Waals surface area contributed by atoms with Gasteiger partial charge < -0.3 is 15.3 Å². The van der Waals surface area contributed by atoms with Crippen LogP contribution in [0.15, 0.2) is 47.3 Å². The third kappa shape index (κ3) is 3.70. The molecular formula is C24H30N2O3. The second kappa shape index (κ2) is 7.36. The number of aromatic hydroxyl groups is 1. The van der Waals surface area contributed by atoms with E-state index >= 15 is 0 Å². The summed E-state index contributed by atoms with van der Waals surface area (Å²) in [5, 5.41) is 13.2. The fourth-order valence-electron chi connectivity index (χ4n) is 5.06. The van der Waals surface area contributed by atoms with E-state index in [0.29, 0.717) is 12.0 Å². The first-order valence-electron chi connectivity index (χ1n) is 10.6. The average molecular weight is 395 g/mol. The van der Waals surface area contributed by atoms with E-state index in [9.17, 15) is 14.7 Å². The molecule has 0 aromatic heterocycles. The molecule has 0 radical (unpaired) electrons. The van der Waals surface area contributed by atoms with Crippen LogP contribution >= 0.6 is 0 Å². The first-order valence-corrected chi connectivity index (χ1v) is 10.6. The van der Waals surface area contributed by atoms with Gasteiger partial charge in [0.25, 0.3) is 5.91 Å². The number of piperidine rings is 1. The third-order valence-electron chi connectivity index (χ3n) is 6.36. The number of nitrogens with zero attached hydrogens (tertiary/aromatic N) is 1. The molecule has 1 fully saturated rings. The van der Waals surface area contributed by atoms with Crippen molar-refractivity contribution in [2.75, 3.05) is 13.1 Å². The molecule has 2 heterocycles. The lowest BCUT2D eigenvalue weighted by atomic mass is 9.66. The van der Waals surface area contributed by atoms with Crippen LogP contribution in [0.25, 0.3) is 0 Å². The predicted molar refractivity (Wildman–Crippen MR) is 112 cm³/mol. The Hall–Kier alpha value is -2.56.